The molecule has 1 amide bonds. The second kappa shape index (κ2) is 7.00. The monoisotopic (exact) mass is 422 g/mol. The maximum atomic E-state index is 13.3. The Bertz CT molecular complexity index is 1180. The molecule has 31 heavy (non-hydrogen) atoms. The van der Waals surface area contributed by atoms with Crippen LogP contribution in [0, 0.1) is 6.92 Å². The Morgan fingerprint density at radius 1 is 1.19 bits per heavy atom. The average Bonchev–Trinajstić information content (AvgIpc) is 3.34. The molecule has 0 aromatic carbocycles. The number of carbonyl (C=O) groups excluding carboxylic acids is 2. The van der Waals surface area contributed by atoms with Gasteiger partial charge in [-0.3, -0.25) is 4.79 Å². The molecule has 1 saturated carbocycles. The minimum Gasteiger partial charge on any atom is -0.465 e. The van der Waals surface area contributed by atoms with Crippen LogP contribution in [0.3, 0.4) is 0 Å². The number of furan rings is 1. The van der Waals surface area contributed by atoms with E-state index in [2.05, 4.69) is 36.9 Å². The van der Waals surface area contributed by atoms with Gasteiger partial charge >= 0.3 is 5.97 Å². The molecule has 0 atom stereocenters. The van der Waals surface area contributed by atoms with E-state index >= 15 is 0 Å². The van der Waals surface area contributed by atoms with E-state index in [0.717, 1.165) is 12.8 Å². The lowest BCUT2D eigenvalue weighted by Gasteiger charge is -2.38. The van der Waals surface area contributed by atoms with E-state index in [1.54, 1.807) is 11.8 Å². The van der Waals surface area contributed by atoms with Crippen LogP contribution in [0.25, 0.3) is 11.1 Å². The first-order chi connectivity index (χ1) is 14.9. The Morgan fingerprint density at radius 2 is 1.90 bits per heavy atom. The van der Waals surface area contributed by atoms with Gasteiger partial charge in [-0.05, 0) is 26.7 Å². The van der Waals surface area contributed by atoms with Crippen molar-refractivity contribution in [3.8, 4) is 0 Å². The van der Waals surface area contributed by atoms with Gasteiger partial charge < -0.3 is 19.4 Å². The van der Waals surface area contributed by atoms with Gasteiger partial charge in [-0.25, -0.2) is 24.7 Å². The summed E-state index contributed by atoms with van der Waals surface area (Å²) < 4.78 is 10.4. The highest BCUT2D eigenvalue weighted by molar-refractivity contribution is 6.10. The maximum absolute atomic E-state index is 13.3. The predicted octanol–water partition coefficient (Wildman–Crippen LogP) is 2.31. The van der Waals surface area contributed by atoms with Crippen molar-refractivity contribution in [2.24, 2.45) is 0 Å². The van der Waals surface area contributed by atoms with E-state index < -0.39 is 5.97 Å². The normalized spacial score (nSPS) is 17.3. The number of likely N-dealkylation sites (tertiary alicyclic amines) is 1. The standard InChI is InChI=1S/C21H22N6O4/c1-11-14(15-17(26-21(2)4-5-21)24-10-25-18(15)31-11)19(28)27-8-13(9-27)16-22-6-12(7-23-16)20(29)30-3/h6-7,10,13H,4-5,8-9H2,1-3H3,(H,24,25,26). The lowest BCUT2D eigenvalue weighted by atomic mass is 9.97. The minimum absolute atomic E-state index is 0.00231. The van der Waals surface area contributed by atoms with Gasteiger partial charge in [0.1, 0.15) is 23.7 Å². The van der Waals surface area contributed by atoms with Gasteiger partial charge in [-0.1, -0.05) is 0 Å². The fourth-order valence-corrected chi connectivity index (χ4v) is 3.73. The number of rotatable bonds is 5. The number of methoxy groups -OCH3 is 1. The number of amides is 1. The van der Waals surface area contributed by atoms with Crippen molar-refractivity contribution in [3.63, 3.8) is 0 Å². The van der Waals surface area contributed by atoms with Gasteiger partial charge in [0.15, 0.2) is 0 Å². The summed E-state index contributed by atoms with van der Waals surface area (Å²) in [4.78, 5) is 43.6. The van der Waals surface area contributed by atoms with Gasteiger partial charge in [0, 0.05) is 31.0 Å². The molecule has 10 nitrogen and oxygen atoms in total. The summed E-state index contributed by atoms with van der Waals surface area (Å²) in [6.45, 7) is 4.86. The lowest BCUT2D eigenvalue weighted by Crippen LogP contribution is -2.49. The van der Waals surface area contributed by atoms with Gasteiger partial charge in [0.2, 0.25) is 5.71 Å². The fourth-order valence-electron chi connectivity index (χ4n) is 3.73. The first-order valence-electron chi connectivity index (χ1n) is 10.1. The summed E-state index contributed by atoms with van der Waals surface area (Å²) in [5, 5.41) is 4.06. The van der Waals surface area contributed by atoms with Crippen LogP contribution in [0.2, 0.25) is 0 Å². The summed E-state index contributed by atoms with van der Waals surface area (Å²) >= 11 is 0. The summed E-state index contributed by atoms with van der Waals surface area (Å²) in [5.41, 5.74) is 1.19. The summed E-state index contributed by atoms with van der Waals surface area (Å²) in [6, 6.07) is 0. The van der Waals surface area contributed by atoms with E-state index in [9.17, 15) is 9.59 Å². The fraction of sp³-hybridized carbons (Fsp3) is 0.429. The quantitative estimate of drug-likeness (QED) is 0.617. The lowest BCUT2D eigenvalue weighted by molar-refractivity contribution is 0.0594. The second-order valence-electron chi connectivity index (χ2n) is 8.35. The molecule has 3 aromatic heterocycles. The number of nitrogens with zero attached hydrogens (tertiary/aromatic N) is 5. The van der Waals surface area contributed by atoms with Crippen LogP contribution in [-0.4, -0.2) is 62.5 Å². The molecule has 1 saturated heterocycles. The topological polar surface area (TPSA) is 123 Å². The molecule has 1 aliphatic heterocycles. The summed E-state index contributed by atoms with van der Waals surface area (Å²) in [7, 11) is 1.31. The predicted molar refractivity (Wildman–Crippen MR) is 110 cm³/mol. The number of nitrogens with one attached hydrogen (secondary N) is 1. The molecule has 0 unspecified atom stereocenters. The first-order valence-corrected chi connectivity index (χ1v) is 10.1. The van der Waals surface area contributed by atoms with Crippen molar-refractivity contribution < 1.29 is 18.7 Å². The number of aryl methyl sites for hydroxylation is 1. The van der Waals surface area contributed by atoms with Crippen LogP contribution >= 0.6 is 0 Å². The third kappa shape index (κ3) is 3.37. The Balaban J connectivity index is 1.36. The smallest absolute Gasteiger partial charge is 0.341 e. The third-order valence-electron chi connectivity index (χ3n) is 5.93. The molecule has 0 radical (unpaired) electrons. The molecule has 160 valence electrons. The molecule has 10 heteroatoms. The highest BCUT2D eigenvalue weighted by atomic mass is 16.5. The Morgan fingerprint density at radius 3 is 2.55 bits per heavy atom. The highest BCUT2D eigenvalue weighted by Gasteiger charge is 2.40. The molecule has 4 heterocycles. The molecule has 2 aliphatic rings. The molecule has 0 spiro atoms. The molecular formula is C21H22N6O4. The van der Waals surface area contributed by atoms with Gasteiger partial charge in [-0.15, -0.1) is 0 Å². The van der Waals surface area contributed by atoms with Crippen molar-refractivity contribution in [1.29, 1.82) is 0 Å². The number of esters is 1. The van der Waals surface area contributed by atoms with E-state index in [1.165, 1.54) is 25.8 Å². The zero-order valence-electron chi connectivity index (χ0n) is 17.5. The largest absolute Gasteiger partial charge is 0.465 e. The van der Waals surface area contributed by atoms with Crippen molar-refractivity contribution in [3.05, 3.63) is 41.4 Å². The second-order valence-corrected chi connectivity index (χ2v) is 8.35. The molecule has 3 aromatic rings. The number of fused-ring (bicyclic) bond motifs is 1. The molecule has 2 fully saturated rings. The molecular weight excluding hydrogens is 400 g/mol. The number of hydrogen-bond donors (Lipinski definition) is 1. The van der Waals surface area contributed by atoms with Crippen LogP contribution in [0.1, 0.15) is 58.0 Å². The zero-order chi connectivity index (χ0) is 21.8. The third-order valence-corrected chi connectivity index (χ3v) is 5.93. The highest BCUT2D eigenvalue weighted by Crippen LogP contribution is 2.40. The summed E-state index contributed by atoms with van der Waals surface area (Å²) in [6.07, 6.45) is 6.45. The molecule has 0 bridgehead atoms. The number of hydrogen-bond acceptors (Lipinski definition) is 9. The van der Waals surface area contributed by atoms with Crippen LogP contribution in [-0.2, 0) is 4.74 Å². The van der Waals surface area contributed by atoms with Crippen molar-refractivity contribution in [2.75, 3.05) is 25.5 Å². The van der Waals surface area contributed by atoms with Crippen LogP contribution in [0.5, 0.6) is 0 Å². The van der Waals surface area contributed by atoms with Crippen LogP contribution in [0.15, 0.2) is 23.1 Å². The Kier molecular flexibility index (Phi) is 4.38. The number of aromatic nitrogens is 4. The van der Waals surface area contributed by atoms with Gasteiger partial charge in [-0.2, -0.15) is 0 Å². The van der Waals surface area contributed by atoms with Gasteiger partial charge in [0.05, 0.1) is 29.5 Å². The van der Waals surface area contributed by atoms with Crippen molar-refractivity contribution in [1.82, 2.24) is 24.8 Å². The molecule has 1 N–H and O–H groups in total. The van der Waals surface area contributed by atoms with Crippen molar-refractivity contribution in [2.45, 2.75) is 38.1 Å². The van der Waals surface area contributed by atoms with E-state index in [-0.39, 0.29) is 17.4 Å². The zero-order valence-corrected chi connectivity index (χ0v) is 17.5. The number of ether oxygens (including phenoxy) is 1. The number of anilines is 1. The molecule has 5 rings (SSSR count). The number of carbonyl (C=O) groups is 2. The van der Waals surface area contributed by atoms with E-state index in [0.29, 0.717) is 52.7 Å². The SMILES string of the molecule is COC(=O)c1cnc(C2CN(C(=O)c3c(C)oc4ncnc(NC5(C)CC5)c34)C2)nc1. The van der Waals surface area contributed by atoms with Crippen LogP contribution in [0.4, 0.5) is 5.82 Å². The maximum Gasteiger partial charge on any atom is 0.341 e. The first kappa shape index (κ1) is 19.4. The Hall–Kier alpha value is -3.56. The van der Waals surface area contributed by atoms with Crippen molar-refractivity contribution >= 4 is 28.8 Å². The molecule has 1 aliphatic carbocycles. The van der Waals surface area contributed by atoms with E-state index in [4.69, 9.17) is 4.42 Å². The van der Waals surface area contributed by atoms with Gasteiger partial charge in [0.25, 0.3) is 5.91 Å². The minimum atomic E-state index is -0.481. The summed E-state index contributed by atoms with van der Waals surface area (Å²) in [5.74, 6) is 1.14. The Labute approximate surface area is 178 Å². The average molecular weight is 422 g/mol. The van der Waals surface area contributed by atoms with E-state index in [1.807, 2.05) is 0 Å². The van der Waals surface area contributed by atoms with Crippen LogP contribution < -0.4 is 5.32 Å².